The molecule has 1 aliphatic rings. The van der Waals surface area contributed by atoms with Crippen molar-refractivity contribution < 1.29 is 19.1 Å². The molecule has 0 spiro atoms. The van der Waals surface area contributed by atoms with Gasteiger partial charge in [-0.25, -0.2) is 4.98 Å². The minimum absolute atomic E-state index is 0.0858. The molecule has 0 unspecified atom stereocenters. The second-order valence-corrected chi connectivity index (χ2v) is 7.07. The summed E-state index contributed by atoms with van der Waals surface area (Å²) in [6.45, 7) is 0.397. The Balaban J connectivity index is 1.57. The van der Waals surface area contributed by atoms with Gasteiger partial charge in [-0.3, -0.25) is 19.3 Å². The van der Waals surface area contributed by atoms with Gasteiger partial charge in [0.1, 0.15) is 18.1 Å². The van der Waals surface area contributed by atoms with E-state index in [9.17, 15) is 14.4 Å². The molecule has 9 nitrogen and oxygen atoms in total. The summed E-state index contributed by atoms with van der Waals surface area (Å²) in [6, 6.07) is 14.1. The van der Waals surface area contributed by atoms with Crippen molar-refractivity contribution in [3.63, 3.8) is 0 Å². The molecular weight excluding hydrogens is 400 g/mol. The van der Waals surface area contributed by atoms with Crippen LogP contribution in [0.3, 0.4) is 0 Å². The van der Waals surface area contributed by atoms with E-state index in [-0.39, 0.29) is 43.6 Å². The molecule has 4 rings (SSSR count). The largest absolute Gasteiger partial charge is 0.482 e. The van der Waals surface area contributed by atoms with E-state index in [1.54, 1.807) is 55.6 Å². The van der Waals surface area contributed by atoms with Crippen LogP contribution in [0.2, 0.25) is 0 Å². The summed E-state index contributed by atoms with van der Waals surface area (Å²) in [5.41, 5.74) is 0.839. The Hall–Kier alpha value is -3.72. The number of carbonyl (C=O) groups excluding carboxylic acids is 2. The molecule has 9 heteroatoms. The number of H-pyrrole nitrogens is 1. The number of fused-ring (bicyclic) bond motifs is 2. The van der Waals surface area contributed by atoms with E-state index < -0.39 is 0 Å². The molecule has 1 N–H and O–H groups in total. The van der Waals surface area contributed by atoms with Gasteiger partial charge >= 0.3 is 0 Å². The number of anilines is 1. The summed E-state index contributed by atoms with van der Waals surface area (Å²) in [6.07, 6.45) is 0. The number of rotatable bonds is 7. The summed E-state index contributed by atoms with van der Waals surface area (Å²) < 4.78 is 10.6. The maximum atomic E-state index is 13.1. The van der Waals surface area contributed by atoms with Crippen LogP contribution in [0.1, 0.15) is 5.82 Å². The van der Waals surface area contributed by atoms with E-state index in [0.717, 1.165) is 0 Å². The molecule has 0 bridgehead atoms. The molecule has 1 aromatic heterocycles. The Kier molecular flexibility index (Phi) is 5.94. The topological polar surface area (TPSA) is 105 Å². The monoisotopic (exact) mass is 422 g/mol. The van der Waals surface area contributed by atoms with Crippen molar-refractivity contribution in [2.45, 2.75) is 6.54 Å². The second-order valence-electron chi connectivity index (χ2n) is 7.07. The normalized spacial score (nSPS) is 13.1. The van der Waals surface area contributed by atoms with E-state index in [2.05, 4.69) is 9.97 Å². The zero-order chi connectivity index (χ0) is 21.8. The van der Waals surface area contributed by atoms with Gasteiger partial charge in [-0.1, -0.05) is 24.3 Å². The lowest BCUT2D eigenvalue weighted by Gasteiger charge is -2.31. The summed E-state index contributed by atoms with van der Waals surface area (Å²) in [5, 5.41) is 0.483. The van der Waals surface area contributed by atoms with Gasteiger partial charge in [-0.2, -0.15) is 0 Å². The maximum Gasteiger partial charge on any atom is 0.265 e. The summed E-state index contributed by atoms with van der Waals surface area (Å²) in [4.78, 5) is 48.1. The zero-order valence-electron chi connectivity index (χ0n) is 17.0. The first-order valence-electron chi connectivity index (χ1n) is 9.83. The Morgan fingerprint density at radius 2 is 1.97 bits per heavy atom. The molecule has 2 aromatic carbocycles. The van der Waals surface area contributed by atoms with Crippen LogP contribution in [0, 0.1) is 0 Å². The molecule has 2 heterocycles. The van der Waals surface area contributed by atoms with Crippen LogP contribution >= 0.6 is 0 Å². The fraction of sp³-hybridized carbons (Fsp3) is 0.273. The molecule has 3 aromatic rings. The lowest BCUT2D eigenvalue weighted by atomic mass is 10.2. The minimum Gasteiger partial charge on any atom is -0.482 e. The molecular formula is C22H22N4O5. The number of amides is 2. The summed E-state index contributed by atoms with van der Waals surface area (Å²) in [7, 11) is 1.54. The lowest BCUT2D eigenvalue weighted by Crippen LogP contribution is -2.47. The predicted molar refractivity (Wildman–Crippen MR) is 114 cm³/mol. The van der Waals surface area contributed by atoms with E-state index in [1.807, 2.05) is 0 Å². The third-order valence-electron chi connectivity index (χ3n) is 5.02. The highest BCUT2D eigenvalue weighted by molar-refractivity contribution is 6.02. The molecule has 0 aliphatic carbocycles. The second kappa shape index (κ2) is 8.97. The van der Waals surface area contributed by atoms with Gasteiger partial charge < -0.3 is 19.4 Å². The van der Waals surface area contributed by atoms with Gasteiger partial charge in [0.2, 0.25) is 5.91 Å². The van der Waals surface area contributed by atoms with Gasteiger partial charge in [-0.15, -0.1) is 0 Å². The smallest absolute Gasteiger partial charge is 0.265 e. The highest BCUT2D eigenvalue weighted by atomic mass is 16.5. The number of aromatic nitrogens is 2. The number of carbonyl (C=O) groups is 2. The average molecular weight is 422 g/mol. The quantitative estimate of drug-likeness (QED) is 0.616. The van der Waals surface area contributed by atoms with Gasteiger partial charge in [0.15, 0.2) is 6.61 Å². The minimum atomic E-state index is -0.295. The number of nitrogens with zero attached hydrogens (tertiary/aromatic N) is 3. The van der Waals surface area contributed by atoms with Crippen molar-refractivity contribution in [3.05, 3.63) is 64.7 Å². The number of ether oxygens (including phenoxy) is 2. The molecule has 160 valence electrons. The zero-order valence-corrected chi connectivity index (χ0v) is 17.0. The molecule has 0 saturated carbocycles. The third-order valence-corrected chi connectivity index (χ3v) is 5.02. The Morgan fingerprint density at radius 3 is 2.81 bits per heavy atom. The molecule has 31 heavy (non-hydrogen) atoms. The first kappa shape index (κ1) is 20.5. The van der Waals surface area contributed by atoms with Crippen LogP contribution in [0.5, 0.6) is 5.75 Å². The van der Waals surface area contributed by atoms with Crippen molar-refractivity contribution in [3.8, 4) is 5.75 Å². The van der Waals surface area contributed by atoms with Crippen LogP contribution in [0.4, 0.5) is 5.69 Å². The van der Waals surface area contributed by atoms with Crippen LogP contribution in [0.25, 0.3) is 10.9 Å². The number of hydrogen-bond acceptors (Lipinski definition) is 6. The number of methoxy groups -OCH3 is 1. The van der Waals surface area contributed by atoms with Gasteiger partial charge in [-0.05, 0) is 24.3 Å². The standard InChI is InChI=1S/C22H22N4O5/c1-30-11-10-25(12-19-23-16-7-3-2-6-15(16)22(29)24-19)20(27)13-26-17-8-4-5-9-18(17)31-14-21(26)28/h2-9H,10-14H2,1H3,(H,23,24,29). The highest BCUT2D eigenvalue weighted by Crippen LogP contribution is 2.31. The van der Waals surface area contributed by atoms with E-state index >= 15 is 0 Å². The number of nitrogens with one attached hydrogen (secondary N) is 1. The number of para-hydroxylation sites is 3. The molecule has 1 aliphatic heterocycles. The molecule has 0 fully saturated rings. The first-order valence-corrected chi connectivity index (χ1v) is 9.83. The average Bonchev–Trinajstić information content (AvgIpc) is 2.78. The Labute approximate surface area is 178 Å². The van der Waals surface area contributed by atoms with Crippen molar-refractivity contribution in [1.29, 1.82) is 0 Å². The fourth-order valence-electron chi connectivity index (χ4n) is 3.45. The SMILES string of the molecule is COCCN(Cc1nc2ccccc2c(=O)[nH]1)C(=O)CN1C(=O)COc2ccccc21. The third kappa shape index (κ3) is 4.41. The molecule has 0 saturated heterocycles. The number of hydrogen-bond donors (Lipinski definition) is 1. The van der Waals surface area contributed by atoms with Gasteiger partial charge in [0.25, 0.3) is 11.5 Å². The first-order chi connectivity index (χ1) is 15.1. The highest BCUT2D eigenvalue weighted by Gasteiger charge is 2.29. The van der Waals surface area contributed by atoms with Crippen LogP contribution < -0.4 is 15.2 Å². The molecule has 0 atom stereocenters. The number of aromatic amines is 1. The van der Waals surface area contributed by atoms with Crippen LogP contribution in [0.15, 0.2) is 53.3 Å². The maximum absolute atomic E-state index is 13.1. The van der Waals surface area contributed by atoms with Crippen molar-refractivity contribution >= 4 is 28.4 Å². The van der Waals surface area contributed by atoms with Gasteiger partial charge in [0.05, 0.1) is 29.7 Å². The Bertz CT molecular complexity index is 1180. The van der Waals surface area contributed by atoms with Crippen LogP contribution in [-0.4, -0.2) is 60.1 Å². The molecule has 2 amide bonds. The van der Waals surface area contributed by atoms with E-state index in [0.29, 0.717) is 34.8 Å². The predicted octanol–water partition coefficient (Wildman–Crippen LogP) is 1.32. The number of benzene rings is 2. The lowest BCUT2D eigenvalue weighted by molar-refractivity contribution is -0.133. The van der Waals surface area contributed by atoms with Crippen LogP contribution in [-0.2, 0) is 20.9 Å². The van der Waals surface area contributed by atoms with Crippen molar-refractivity contribution in [1.82, 2.24) is 14.9 Å². The van der Waals surface area contributed by atoms with Crippen molar-refractivity contribution in [2.75, 3.05) is 38.3 Å². The van der Waals surface area contributed by atoms with E-state index in [4.69, 9.17) is 9.47 Å². The fourth-order valence-corrected chi connectivity index (χ4v) is 3.45. The van der Waals surface area contributed by atoms with E-state index in [1.165, 1.54) is 9.80 Å². The summed E-state index contributed by atoms with van der Waals surface area (Å²) in [5.74, 6) is 0.328. The van der Waals surface area contributed by atoms with Crippen molar-refractivity contribution in [2.24, 2.45) is 0 Å². The molecule has 0 radical (unpaired) electrons. The summed E-state index contributed by atoms with van der Waals surface area (Å²) >= 11 is 0. The van der Waals surface area contributed by atoms with Gasteiger partial charge in [0, 0.05) is 13.7 Å². The Morgan fingerprint density at radius 1 is 1.19 bits per heavy atom.